The van der Waals surface area contributed by atoms with E-state index in [1.165, 1.54) is 5.56 Å². The summed E-state index contributed by atoms with van der Waals surface area (Å²) in [5, 5.41) is 3.57. The van der Waals surface area contributed by atoms with E-state index in [-0.39, 0.29) is 6.04 Å². The highest BCUT2D eigenvalue weighted by Crippen LogP contribution is 2.34. The van der Waals surface area contributed by atoms with E-state index >= 15 is 0 Å². The molecule has 1 N–H and O–H groups in total. The van der Waals surface area contributed by atoms with Crippen LogP contribution in [0.2, 0.25) is 0 Å². The molecular weight excluding hydrogens is 316 g/mol. The predicted octanol–water partition coefficient (Wildman–Crippen LogP) is 2.37. The number of methoxy groups -OCH3 is 1. The number of benzene rings is 1. The summed E-state index contributed by atoms with van der Waals surface area (Å²) in [4.78, 5) is 8.62. The molecule has 6 heteroatoms. The Balaban J connectivity index is 1.44. The molecule has 25 heavy (non-hydrogen) atoms. The number of nitrogens with zero attached hydrogens (tertiary/aromatic N) is 3. The quantitative estimate of drug-likeness (QED) is 0.775. The van der Waals surface area contributed by atoms with Crippen LogP contribution < -0.4 is 14.8 Å². The molecule has 1 atom stereocenters. The predicted molar refractivity (Wildman–Crippen MR) is 94.2 cm³/mol. The zero-order chi connectivity index (χ0) is 17.1. The van der Waals surface area contributed by atoms with E-state index in [0.717, 1.165) is 30.2 Å². The van der Waals surface area contributed by atoms with Gasteiger partial charge in [0.15, 0.2) is 11.5 Å². The van der Waals surface area contributed by atoms with E-state index in [1.54, 1.807) is 19.5 Å². The van der Waals surface area contributed by atoms with E-state index in [1.807, 2.05) is 35.0 Å². The summed E-state index contributed by atoms with van der Waals surface area (Å²) < 4.78 is 13.3. The van der Waals surface area contributed by atoms with Gasteiger partial charge in [-0.2, -0.15) is 0 Å². The first kappa shape index (κ1) is 15.7. The minimum atomic E-state index is 0.250. The Morgan fingerprint density at radius 2 is 2.08 bits per heavy atom. The number of aromatic nitrogens is 3. The van der Waals surface area contributed by atoms with Gasteiger partial charge in [0.05, 0.1) is 7.11 Å². The molecule has 0 spiro atoms. The maximum atomic E-state index is 5.92. The van der Waals surface area contributed by atoms with Crippen LogP contribution >= 0.6 is 0 Å². The average molecular weight is 336 g/mol. The third-order valence-corrected chi connectivity index (χ3v) is 4.35. The highest BCUT2D eigenvalue weighted by Gasteiger charge is 2.22. The summed E-state index contributed by atoms with van der Waals surface area (Å²) >= 11 is 0. The molecule has 3 aromatic rings. The monoisotopic (exact) mass is 336 g/mol. The minimum absolute atomic E-state index is 0.250. The van der Waals surface area contributed by atoms with Gasteiger partial charge in [-0.05, 0) is 36.2 Å². The molecule has 1 aliphatic heterocycles. The lowest BCUT2D eigenvalue weighted by molar-refractivity contribution is 0.226. The highest BCUT2D eigenvalue weighted by atomic mass is 16.5. The second-order valence-electron chi connectivity index (χ2n) is 5.96. The summed E-state index contributed by atoms with van der Waals surface area (Å²) in [7, 11) is 1.67. The second kappa shape index (κ2) is 6.94. The molecule has 3 heterocycles. The van der Waals surface area contributed by atoms with Crippen LogP contribution in [0, 0.1) is 0 Å². The van der Waals surface area contributed by atoms with E-state index < -0.39 is 0 Å². The molecule has 0 radical (unpaired) electrons. The van der Waals surface area contributed by atoms with Gasteiger partial charge in [0, 0.05) is 36.9 Å². The normalized spacial score (nSPS) is 16.1. The van der Waals surface area contributed by atoms with Crippen molar-refractivity contribution >= 4 is 0 Å². The van der Waals surface area contributed by atoms with Crippen molar-refractivity contribution in [2.75, 3.05) is 13.7 Å². The SMILES string of the molecule is COc1cccc2c1OC[C@H](NCc1cccn1-c1ncccn1)C2. The van der Waals surface area contributed by atoms with E-state index in [4.69, 9.17) is 9.47 Å². The number of para-hydroxylation sites is 1. The molecule has 0 amide bonds. The average Bonchev–Trinajstić information content (AvgIpc) is 3.15. The van der Waals surface area contributed by atoms with Crippen LogP contribution in [-0.4, -0.2) is 34.3 Å². The summed E-state index contributed by atoms with van der Waals surface area (Å²) in [6.45, 7) is 1.34. The number of rotatable bonds is 5. The number of fused-ring (bicyclic) bond motifs is 1. The highest BCUT2D eigenvalue weighted by molar-refractivity contribution is 5.48. The van der Waals surface area contributed by atoms with Crippen molar-refractivity contribution in [3.05, 3.63) is 66.2 Å². The number of ether oxygens (including phenoxy) is 2. The number of hydrogen-bond donors (Lipinski definition) is 1. The van der Waals surface area contributed by atoms with Gasteiger partial charge in [0.2, 0.25) is 5.95 Å². The number of nitrogens with one attached hydrogen (secondary N) is 1. The fourth-order valence-corrected chi connectivity index (χ4v) is 3.11. The van der Waals surface area contributed by atoms with Crippen LogP contribution in [0.1, 0.15) is 11.3 Å². The van der Waals surface area contributed by atoms with Gasteiger partial charge in [-0.15, -0.1) is 0 Å². The molecule has 0 fully saturated rings. The van der Waals surface area contributed by atoms with Crippen molar-refractivity contribution in [2.45, 2.75) is 19.0 Å². The van der Waals surface area contributed by atoms with Gasteiger partial charge in [0.1, 0.15) is 6.61 Å². The lowest BCUT2D eigenvalue weighted by Crippen LogP contribution is -2.39. The fourth-order valence-electron chi connectivity index (χ4n) is 3.11. The summed E-state index contributed by atoms with van der Waals surface area (Å²) in [5.74, 6) is 2.34. The first-order valence-corrected chi connectivity index (χ1v) is 8.31. The lowest BCUT2D eigenvalue weighted by Gasteiger charge is -2.27. The van der Waals surface area contributed by atoms with Gasteiger partial charge in [-0.1, -0.05) is 12.1 Å². The third kappa shape index (κ3) is 3.21. The maximum Gasteiger partial charge on any atom is 0.233 e. The maximum absolute atomic E-state index is 5.92. The zero-order valence-electron chi connectivity index (χ0n) is 14.1. The Morgan fingerprint density at radius 1 is 1.20 bits per heavy atom. The van der Waals surface area contributed by atoms with Gasteiger partial charge in [0.25, 0.3) is 0 Å². The Labute approximate surface area is 146 Å². The van der Waals surface area contributed by atoms with Crippen molar-refractivity contribution in [1.29, 1.82) is 0 Å². The van der Waals surface area contributed by atoms with Crippen molar-refractivity contribution in [3.8, 4) is 17.4 Å². The smallest absolute Gasteiger partial charge is 0.233 e. The van der Waals surface area contributed by atoms with E-state index in [2.05, 4.69) is 27.4 Å². The number of hydrogen-bond acceptors (Lipinski definition) is 5. The molecule has 1 aromatic carbocycles. The minimum Gasteiger partial charge on any atom is -0.493 e. The molecule has 6 nitrogen and oxygen atoms in total. The Morgan fingerprint density at radius 3 is 2.92 bits per heavy atom. The van der Waals surface area contributed by atoms with Gasteiger partial charge in [-0.25, -0.2) is 9.97 Å². The van der Waals surface area contributed by atoms with Crippen LogP contribution in [0.5, 0.6) is 11.5 Å². The van der Waals surface area contributed by atoms with Crippen molar-refractivity contribution in [2.24, 2.45) is 0 Å². The fraction of sp³-hybridized carbons (Fsp3) is 0.263. The summed E-state index contributed by atoms with van der Waals surface area (Å²) in [6, 6.07) is 12.2. The molecule has 0 aliphatic carbocycles. The summed E-state index contributed by atoms with van der Waals surface area (Å²) in [6.07, 6.45) is 6.39. The Hall–Kier alpha value is -2.86. The molecule has 128 valence electrons. The van der Waals surface area contributed by atoms with Crippen LogP contribution in [0.25, 0.3) is 5.95 Å². The van der Waals surface area contributed by atoms with Crippen molar-refractivity contribution in [3.63, 3.8) is 0 Å². The zero-order valence-corrected chi connectivity index (χ0v) is 14.1. The molecule has 0 saturated heterocycles. The lowest BCUT2D eigenvalue weighted by atomic mass is 10.0. The van der Waals surface area contributed by atoms with Gasteiger partial charge < -0.3 is 14.8 Å². The standard InChI is InChI=1S/C19H20N4O2/c1-24-17-7-2-5-14-11-15(13-25-18(14)17)22-12-16-6-3-10-23(16)19-20-8-4-9-21-19/h2-10,15,22H,11-13H2,1H3/t15-/m1/s1. The molecule has 0 bridgehead atoms. The van der Waals surface area contributed by atoms with Crippen molar-refractivity contribution in [1.82, 2.24) is 19.9 Å². The molecule has 2 aromatic heterocycles. The van der Waals surface area contributed by atoms with Gasteiger partial charge >= 0.3 is 0 Å². The third-order valence-electron chi connectivity index (χ3n) is 4.35. The molecule has 4 rings (SSSR count). The Kier molecular flexibility index (Phi) is 4.35. The molecule has 0 saturated carbocycles. The second-order valence-corrected chi connectivity index (χ2v) is 5.96. The van der Waals surface area contributed by atoms with Crippen molar-refractivity contribution < 1.29 is 9.47 Å². The Bertz CT molecular complexity index is 848. The van der Waals surface area contributed by atoms with Crippen LogP contribution in [0.3, 0.4) is 0 Å². The van der Waals surface area contributed by atoms with Crippen LogP contribution in [-0.2, 0) is 13.0 Å². The van der Waals surface area contributed by atoms with Gasteiger partial charge in [-0.3, -0.25) is 4.57 Å². The summed E-state index contributed by atoms with van der Waals surface area (Å²) in [5.41, 5.74) is 2.28. The van der Waals surface area contributed by atoms with E-state index in [9.17, 15) is 0 Å². The largest absolute Gasteiger partial charge is 0.493 e. The van der Waals surface area contributed by atoms with Crippen LogP contribution in [0.4, 0.5) is 0 Å². The topological polar surface area (TPSA) is 61.2 Å². The molecular formula is C19H20N4O2. The molecule has 0 unspecified atom stereocenters. The van der Waals surface area contributed by atoms with Crippen LogP contribution in [0.15, 0.2) is 55.0 Å². The first-order chi connectivity index (χ1) is 12.3. The first-order valence-electron chi connectivity index (χ1n) is 8.31. The molecule has 1 aliphatic rings. The van der Waals surface area contributed by atoms with E-state index in [0.29, 0.717) is 12.6 Å².